The topological polar surface area (TPSA) is 44.5 Å². The molecule has 2 aromatic rings. The van der Waals surface area contributed by atoms with Gasteiger partial charge in [0.15, 0.2) is 11.5 Å². The van der Waals surface area contributed by atoms with Crippen LogP contribution in [0.1, 0.15) is 5.56 Å². The summed E-state index contributed by atoms with van der Waals surface area (Å²) in [6.07, 6.45) is 0. The van der Waals surface area contributed by atoms with Crippen LogP contribution in [0.4, 0.5) is 4.39 Å². The van der Waals surface area contributed by atoms with Crippen molar-refractivity contribution in [1.29, 1.82) is 0 Å². The Kier molecular flexibility index (Phi) is 3.09. The van der Waals surface area contributed by atoms with Gasteiger partial charge in [0, 0.05) is 12.1 Å². The molecule has 0 aliphatic carbocycles. The van der Waals surface area contributed by atoms with Crippen molar-refractivity contribution in [1.82, 2.24) is 0 Å². The van der Waals surface area contributed by atoms with Crippen LogP contribution in [-0.2, 0) is 6.54 Å². The van der Waals surface area contributed by atoms with Crippen LogP contribution < -0.4 is 15.2 Å². The zero-order chi connectivity index (χ0) is 13.2. The van der Waals surface area contributed by atoms with Gasteiger partial charge in [-0.05, 0) is 29.3 Å². The lowest BCUT2D eigenvalue weighted by Crippen LogP contribution is -2.15. The van der Waals surface area contributed by atoms with Crippen LogP contribution in [-0.4, -0.2) is 13.2 Å². The average Bonchev–Trinajstić information content (AvgIpc) is 2.46. The molecule has 4 heteroatoms. The van der Waals surface area contributed by atoms with Crippen molar-refractivity contribution >= 4 is 0 Å². The number of nitrogens with two attached hydrogens (primary N) is 1. The lowest BCUT2D eigenvalue weighted by atomic mass is 10.0. The minimum atomic E-state index is -0.278. The van der Waals surface area contributed by atoms with Crippen molar-refractivity contribution < 1.29 is 13.9 Å². The van der Waals surface area contributed by atoms with Gasteiger partial charge < -0.3 is 15.2 Å². The molecule has 0 amide bonds. The fraction of sp³-hybridized carbons (Fsp3) is 0.200. The number of hydrogen-bond acceptors (Lipinski definition) is 3. The molecule has 3 nitrogen and oxygen atoms in total. The quantitative estimate of drug-likeness (QED) is 0.901. The molecule has 2 N–H and O–H groups in total. The third-order valence-corrected chi connectivity index (χ3v) is 3.12. The van der Waals surface area contributed by atoms with Gasteiger partial charge in [0.2, 0.25) is 0 Å². The van der Waals surface area contributed by atoms with Crippen LogP contribution in [0.3, 0.4) is 0 Å². The highest BCUT2D eigenvalue weighted by molar-refractivity contribution is 5.68. The Hall–Kier alpha value is -2.07. The smallest absolute Gasteiger partial charge is 0.161 e. The highest BCUT2D eigenvalue weighted by Crippen LogP contribution is 2.35. The van der Waals surface area contributed by atoms with Gasteiger partial charge >= 0.3 is 0 Å². The number of fused-ring (bicyclic) bond motifs is 1. The molecule has 98 valence electrons. The average molecular weight is 259 g/mol. The molecule has 0 spiro atoms. The summed E-state index contributed by atoms with van der Waals surface area (Å²) in [7, 11) is 0. The summed E-state index contributed by atoms with van der Waals surface area (Å²) in [6, 6.07) is 10.5. The van der Waals surface area contributed by atoms with E-state index in [0.29, 0.717) is 36.8 Å². The number of halogens is 1. The standard InChI is InChI=1S/C15H14FNO2/c16-13-7-10(9-17)1-3-12(13)11-2-4-14-15(8-11)19-6-5-18-14/h1-4,7-8H,5-6,9,17H2. The van der Waals surface area contributed by atoms with Crippen molar-refractivity contribution in [2.75, 3.05) is 13.2 Å². The van der Waals surface area contributed by atoms with Crippen molar-refractivity contribution in [3.8, 4) is 22.6 Å². The van der Waals surface area contributed by atoms with Gasteiger partial charge in [-0.3, -0.25) is 0 Å². The van der Waals surface area contributed by atoms with Crippen molar-refractivity contribution in [3.05, 3.63) is 47.8 Å². The van der Waals surface area contributed by atoms with E-state index < -0.39 is 0 Å². The first-order valence-electron chi connectivity index (χ1n) is 6.16. The largest absolute Gasteiger partial charge is 0.486 e. The molecule has 2 aromatic carbocycles. The fourth-order valence-corrected chi connectivity index (χ4v) is 2.13. The van der Waals surface area contributed by atoms with E-state index in [-0.39, 0.29) is 5.82 Å². The SMILES string of the molecule is NCc1ccc(-c2ccc3c(c2)OCCO3)c(F)c1. The molecule has 0 radical (unpaired) electrons. The highest BCUT2D eigenvalue weighted by atomic mass is 19.1. The van der Waals surface area contributed by atoms with Gasteiger partial charge in [-0.25, -0.2) is 4.39 Å². The van der Waals surface area contributed by atoms with Gasteiger partial charge in [0.05, 0.1) is 0 Å². The molecule has 19 heavy (non-hydrogen) atoms. The lowest BCUT2D eigenvalue weighted by Gasteiger charge is -2.19. The van der Waals surface area contributed by atoms with E-state index in [0.717, 1.165) is 11.1 Å². The summed E-state index contributed by atoms with van der Waals surface area (Å²) < 4.78 is 25.0. The van der Waals surface area contributed by atoms with Crippen LogP contribution in [0.15, 0.2) is 36.4 Å². The Balaban J connectivity index is 2.02. The Bertz CT molecular complexity index is 613. The van der Waals surface area contributed by atoms with Gasteiger partial charge in [-0.1, -0.05) is 18.2 Å². The summed E-state index contributed by atoms with van der Waals surface area (Å²) in [5, 5.41) is 0. The molecular weight excluding hydrogens is 245 g/mol. The second-order valence-corrected chi connectivity index (χ2v) is 4.38. The molecule has 0 fully saturated rings. The predicted molar refractivity (Wildman–Crippen MR) is 70.7 cm³/mol. The number of benzene rings is 2. The molecule has 3 rings (SSSR count). The normalized spacial score (nSPS) is 13.4. The zero-order valence-corrected chi connectivity index (χ0v) is 10.4. The van der Waals surface area contributed by atoms with Crippen LogP contribution in [0.2, 0.25) is 0 Å². The van der Waals surface area contributed by atoms with Crippen molar-refractivity contribution in [2.45, 2.75) is 6.54 Å². The van der Waals surface area contributed by atoms with Crippen LogP contribution >= 0.6 is 0 Å². The van der Waals surface area contributed by atoms with E-state index in [1.807, 2.05) is 12.1 Å². The molecule has 0 bridgehead atoms. The summed E-state index contributed by atoms with van der Waals surface area (Å²) in [6.45, 7) is 1.40. The first kappa shape index (κ1) is 12.0. The summed E-state index contributed by atoms with van der Waals surface area (Å²) in [5.41, 5.74) is 7.58. The van der Waals surface area contributed by atoms with E-state index in [1.54, 1.807) is 18.2 Å². The van der Waals surface area contributed by atoms with Crippen molar-refractivity contribution in [3.63, 3.8) is 0 Å². The van der Waals surface area contributed by atoms with Crippen LogP contribution in [0.5, 0.6) is 11.5 Å². The van der Waals surface area contributed by atoms with Crippen LogP contribution in [0.25, 0.3) is 11.1 Å². The minimum absolute atomic E-state index is 0.278. The first-order chi connectivity index (χ1) is 9.28. The zero-order valence-electron chi connectivity index (χ0n) is 10.4. The Morgan fingerprint density at radius 1 is 1.00 bits per heavy atom. The van der Waals surface area contributed by atoms with Crippen LogP contribution in [0, 0.1) is 5.82 Å². The molecule has 1 aliphatic heterocycles. The van der Waals surface area contributed by atoms with E-state index in [1.165, 1.54) is 6.07 Å². The monoisotopic (exact) mass is 259 g/mol. The maximum absolute atomic E-state index is 14.0. The van der Waals surface area contributed by atoms with E-state index >= 15 is 0 Å². The Morgan fingerprint density at radius 2 is 1.79 bits per heavy atom. The number of ether oxygens (including phenoxy) is 2. The maximum atomic E-state index is 14.0. The van der Waals surface area contributed by atoms with Crippen molar-refractivity contribution in [2.24, 2.45) is 5.73 Å². The third kappa shape index (κ3) is 2.27. The molecule has 0 saturated carbocycles. The molecule has 0 unspecified atom stereocenters. The van der Waals surface area contributed by atoms with Gasteiger partial charge in [-0.15, -0.1) is 0 Å². The fourth-order valence-electron chi connectivity index (χ4n) is 2.13. The minimum Gasteiger partial charge on any atom is -0.486 e. The first-order valence-corrected chi connectivity index (χ1v) is 6.16. The van der Waals surface area contributed by atoms with E-state index in [2.05, 4.69) is 0 Å². The Morgan fingerprint density at radius 3 is 2.53 bits per heavy atom. The molecule has 0 aromatic heterocycles. The number of hydrogen-bond donors (Lipinski definition) is 1. The molecule has 0 atom stereocenters. The summed E-state index contributed by atoms with van der Waals surface area (Å²) in [5.74, 6) is 1.08. The van der Waals surface area contributed by atoms with Gasteiger partial charge in [0.25, 0.3) is 0 Å². The lowest BCUT2D eigenvalue weighted by molar-refractivity contribution is 0.171. The van der Waals surface area contributed by atoms with Gasteiger partial charge in [-0.2, -0.15) is 0 Å². The van der Waals surface area contributed by atoms with Gasteiger partial charge in [0.1, 0.15) is 19.0 Å². The van der Waals surface area contributed by atoms with E-state index in [9.17, 15) is 4.39 Å². The maximum Gasteiger partial charge on any atom is 0.161 e. The third-order valence-electron chi connectivity index (χ3n) is 3.12. The number of rotatable bonds is 2. The van der Waals surface area contributed by atoms with E-state index in [4.69, 9.17) is 15.2 Å². The highest BCUT2D eigenvalue weighted by Gasteiger charge is 2.14. The molecule has 1 heterocycles. The molecular formula is C15H14FNO2. The molecule has 0 saturated heterocycles. The summed E-state index contributed by atoms with van der Waals surface area (Å²) in [4.78, 5) is 0. The second kappa shape index (κ2) is 4.90. The summed E-state index contributed by atoms with van der Waals surface area (Å²) >= 11 is 0. The predicted octanol–water partition coefficient (Wildman–Crippen LogP) is 2.72. The second-order valence-electron chi connectivity index (χ2n) is 4.38. The Labute approximate surface area is 110 Å². The molecule has 1 aliphatic rings.